The molecule has 9 N–H and O–H groups in total. The smallest absolute Gasteiger partial charge is 0.407 e. The number of ether oxygens (including phenoxy) is 1. The number of aliphatic hydroxyl groups excluding tert-OH is 1. The van der Waals surface area contributed by atoms with Gasteiger partial charge in [0.25, 0.3) is 0 Å². The van der Waals surface area contributed by atoms with Gasteiger partial charge in [0.15, 0.2) is 17.6 Å². The van der Waals surface area contributed by atoms with Crippen molar-refractivity contribution in [3.8, 4) is 0 Å². The number of carbonyl (C=O) groups excluding carboxylic acids is 1. The van der Waals surface area contributed by atoms with Crippen LogP contribution in [0.5, 0.6) is 0 Å². The van der Waals surface area contributed by atoms with Crippen LogP contribution in [0.15, 0.2) is 0 Å². The molecule has 0 bridgehead atoms. The Labute approximate surface area is 158 Å². The molecule has 3 rings (SSSR count). The summed E-state index contributed by atoms with van der Waals surface area (Å²) in [5, 5.41) is 38.4. The Morgan fingerprint density at radius 2 is 2.11 bits per heavy atom. The fraction of sp³-hybridized carbons (Fsp3) is 0.812. The summed E-state index contributed by atoms with van der Waals surface area (Å²) in [4.78, 5) is 13.7. The van der Waals surface area contributed by atoms with Gasteiger partial charge in [-0.1, -0.05) is 12.8 Å². The normalized spacial score (nSPS) is 31.5. The molecular weight excluding hydrogens is 352 g/mol. The Hall–Kier alpha value is -2.27. The van der Waals surface area contributed by atoms with Crippen LogP contribution in [0.25, 0.3) is 0 Å². The summed E-state index contributed by atoms with van der Waals surface area (Å²) in [5.74, 6) is 0.245. The van der Waals surface area contributed by atoms with Crippen LogP contribution < -0.4 is 27.0 Å². The van der Waals surface area contributed by atoms with Crippen molar-refractivity contribution < 1.29 is 14.6 Å². The second kappa shape index (κ2) is 8.17. The van der Waals surface area contributed by atoms with E-state index in [1.165, 1.54) is 0 Å². The lowest BCUT2D eigenvalue weighted by atomic mass is 9.88. The highest BCUT2D eigenvalue weighted by Crippen LogP contribution is 2.37. The first-order valence-corrected chi connectivity index (χ1v) is 9.53. The number of hydrogen-bond acceptors (Lipinski definition) is 6. The average Bonchev–Trinajstić information content (AvgIpc) is 3.16. The number of rotatable bonds is 8. The van der Waals surface area contributed by atoms with Crippen LogP contribution >= 0.6 is 0 Å². The predicted octanol–water partition coefficient (Wildman–Crippen LogP) is -1.60. The van der Waals surface area contributed by atoms with Gasteiger partial charge in [0.2, 0.25) is 0 Å². The van der Waals surface area contributed by atoms with Gasteiger partial charge in [-0.05, 0) is 25.8 Å². The van der Waals surface area contributed by atoms with Gasteiger partial charge >= 0.3 is 6.09 Å². The molecule has 3 heterocycles. The number of nitrogens with zero attached hydrogens (tertiary/aromatic N) is 1. The van der Waals surface area contributed by atoms with Gasteiger partial charge in [-0.2, -0.15) is 0 Å². The van der Waals surface area contributed by atoms with E-state index in [4.69, 9.17) is 21.3 Å². The van der Waals surface area contributed by atoms with Crippen molar-refractivity contribution in [2.75, 3.05) is 26.2 Å². The third-order valence-corrected chi connectivity index (χ3v) is 5.47. The van der Waals surface area contributed by atoms with E-state index in [-0.39, 0.29) is 18.5 Å². The number of hydrogen-bond donors (Lipinski definition) is 8. The molecule has 3 aliphatic rings. The number of aliphatic hydroxyl groups is 1. The second-order valence-corrected chi connectivity index (χ2v) is 7.23. The van der Waals surface area contributed by atoms with E-state index in [0.717, 1.165) is 25.7 Å². The van der Waals surface area contributed by atoms with Crippen LogP contribution in [0, 0.1) is 10.8 Å². The molecule has 0 aromatic carbocycles. The van der Waals surface area contributed by atoms with E-state index in [0.29, 0.717) is 26.1 Å². The van der Waals surface area contributed by atoms with E-state index in [9.17, 15) is 9.90 Å². The lowest BCUT2D eigenvalue weighted by Crippen LogP contribution is -2.77. The summed E-state index contributed by atoms with van der Waals surface area (Å²) in [5.41, 5.74) is 4.49. The maximum absolute atomic E-state index is 11.9. The topological polar surface area (TPSA) is 172 Å². The van der Waals surface area contributed by atoms with E-state index in [1.807, 2.05) is 0 Å². The number of alkyl carbamates (subject to hydrolysis) is 1. The lowest BCUT2D eigenvalue weighted by molar-refractivity contribution is 0.00356. The van der Waals surface area contributed by atoms with Crippen molar-refractivity contribution in [1.82, 2.24) is 26.2 Å². The van der Waals surface area contributed by atoms with Crippen LogP contribution in [0.1, 0.15) is 32.1 Å². The molecule has 1 spiro atoms. The lowest BCUT2D eigenvalue weighted by Gasteiger charge is -2.49. The quantitative estimate of drug-likeness (QED) is 0.232. The zero-order chi connectivity index (χ0) is 19.4. The summed E-state index contributed by atoms with van der Waals surface area (Å²) < 4.78 is 5.31. The molecule has 27 heavy (non-hydrogen) atoms. The highest BCUT2D eigenvalue weighted by molar-refractivity contribution is 5.87. The Morgan fingerprint density at radius 3 is 2.89 bits per heavy atom. The van der Waals surface area contributed by atoms with Crippen LogP contribution in [0.2, 0.25) is 0 Å². The van der Waals surface area contributed by atoms with Gasteiger partial charge in [0.05, 0.1) is 18.2 Å². The molecule has 1 unspecified atom stereocenters. The molecule has 3 saturated heterocycles. The van der Waals surface area contributed by atoms with Crippen molar-refractivity contribution >= 4 is 18.0 Å². The summed E-state index contributed by atoms with van der Waals surface area (Å²) >= 11 is 0. The van der Waals surface area contributed by atoms with Crippen molar-refractivity contribution in [3.05, 3.63) is 0 Å². The van der Waals surface area contributed by atoms with Crippen molar-refractivity contribution in [2.45, 2.75) is 56.0 Å². The number of guanidine groups is 2. The predicted molar refractivity (Wildman–Crippen MR) is 99.4 cm³/mol. The summed E-state index contributed by atoms with van der Waals surface area (Å²) in [6.07, 6.45) is 3.18. The van der Waals surface area contributed by atoms with Gasteiger partial charge in [0.1, 0.15) is 6.61 Å². The number of carbonyl (C=O) groups is 1. The first-order valence-electron chi connectivity index (χ1n) is 9.53. The minimum absolute atomic E-state index is 0.0241. The fourth-order valence-electron chi connectivity index (χ4n) is 4.15. The third-order valence-electron chi connectivity index (χ3n) is 5.47. The molecule has 3 fully saturated rings. The van der Waals surface area contributed by atoms with Crippen LogP contribution in [0.3, 0.4) is 0 Å². The summed E-state index contributed by atoms with van der Waals surface area (Å²) in [7, 11) is 0. The molecule has 0 saturated carbocycles. The molecule has 0 aliphatic carbocycles. The Kier molecular flexibility index (Phi) is 5.90. The molecule has 11 heteroatoms. The second-order valence-electron chi connectivity index (χ2n) is 7.23. The minimum atomic E-state index is -0.951. The molecule has 11 nitrogen and oxygen atoms in total. The molecule has 0 radical (unpaired) electrons. The monoisotopic (exact) mass is 382 g/mol. The third kappa shape index (κ3) is 3.74. The van der Waals surface area contributed by atoms with Crippen LogP contribution in [-0.2, 0) is 4.74 Å². The van der Waals surface area contributed by atoms with E-state index in [1.54, 1.807) is 4.90 Å². The van der Waals surface area contributed by atoms with Crippen LogP contribution in [-0.4, -0.2) is 78.1 Å². The standard InChI is InChI=1S/C16H30N8O3/c17-6-3-1-2-4-7-20-15(26)27-9-10-12-16(23-13(18)22-12)11(25)5-8-24(16)14(19)21-10/h10-12,25H,1-9,17H2,(H2,19,21)(H,20,26)(H3,18,22,23)/t10?,11-,12-,16+/m0/s1. The van der Waals surface area contributed by atoms with Gasteiger partial charge in [0, 0.05) is 13.1 Å². The molecule has 4 atom stereocenters. The maximum Gasteiger partial charge on any atom is 0.407 e. The maximum atomic E-state index is 11.9. The number of nitrogens with one attached hydrogen (secondary N) is 6. The highest BCUT2D eigenvalue weighted by atomic mass is 16.5. The van der Waals surface area contributed by atoms with E-state index in [2.05, 4.69) is 21.3 Å². The Morgan fingerprint density at radius 1 is 1.33 bits per heavy atom. The van der Waals surface area contributed by atoms with Gasteiger partial charge < -0.3 is 41.7 Å². The van der Waals surface area contributed by atoms with Gasteiger partial charge in [-0.25, -0.2) is 4.79 Å². The zero-order valence-corrected chi connectivity index (χ0v) is 15.4. The highest BCUT2D eigenvalue weighted by Gasteiger charge is 2.63. The van der Waals surface area contributed by atoms with Crippen LogP contribution in [0.4, 0.5) is 4.79 Å². The Bertz CT molecular complexity index is 588. The largest absolute Gasteiger partial charge is 0.447 e. The van der Waals surface area contributed by atoms with E-state index < -0.39 is 29.9 Å². The average molecular weight is 382 g/mol. The zero-order valence-electron chi connectivity index (χ0n) is 15.4. The van der Waals surface area contributed by atoms with Crippen molar-refractivity contribution in [1.29, 1.82) is 10.8 Å². The molecule has 152 valence electrons. The number of nitrogens with two attached hydrogens (primary N) is 1. The van der Waals surface area contributed by atoms with Crippen molar-refractivity contribution in [3.63, 3.8) is 0 Å². The van der Waals surface area contributed by atoms with E-state index >= 15 is 0 Å². The molecule has 3 aliphatic heterocycles. The molecule has 1 amide bonds. The van der Waals surface area contributed by atoms with Crippen molar-refractivity contribution in [2.24, 2.45) is 5.73 Å². The first-order chi connectivity index (χ1) is 13.0. The minimum Gasteiger partial charge on any atom is -0.447 e. The van der Waals surface area contributed by atoms with Gasteiger partial charge in [-0.3, -0.25) is 10.8 Å². The fourth-order valence-corrected chi connectivity index (χ4v) is 4.15. The first kappa shape index (κ1) is 19.5. The summed E-state index contributed by atoms with van der Waals surface area (Å²) in [6, 6.07) is -0.840. The number of unbranched alkanes of at least 4 members (excludes halogenated alkanes) is 3. The summed E-state index contributed by atoms with van der Waals surface area (Å²) in [6.45, 7) is 1.77. The molecular formula is C16H30N8O3. The van der Waals surface area contributed by atoms with Gasteiger partial charge in [-0.15, -0.1) is 0 Å². The SMILES string of the molecule is N=C1N[C@H]2C(COC(=O)NCCCCCCN)NC(=N)N3CC[C@H](O)[C@]23N1. The molecule has 0 aromatic rings. The Balaban J connectivity index is 1.51. The molecule has 0 aromatic heterocycles. The number of amides is 1.